The Hall–Kier alpha value is -3.55. The van der Waals surface area contributed by atoms with E-state index in [0.29, 0.717) is 16.1 Å². The Bertz CT molecular complexity index is 1030. The molecule has 8 nitrogen and oxygen atoms in total. The van der Waals surface area contributed by atoms with E-state index in [0.717, 1.165) is 0 Å². The molecule has 1 aliphatic heterocycles. The van der Waals surface area contributed by atoms with Crippen molar-refractivity contribution in [1.82, 2.24) is 19.8 Å². The van der Waals surface area contributed by atoms with E-state index in [4.69, 9.17) is 4.84 Å². The van der Waals surface area contributed by atoms with Crippen LogP contribution in [0, 0.1) is 0 Å². The Morgan fingerprint density at radius 2 is 1.73 bits per heavy atom. The highest BCUT2D eigenvalue weighted by molar-refractivity contribution is 6.21. The Balaban J connectivity index is 1.60. The summed E-state index contributed by atoms with van der Waals surface area (Å²) in [6, 6.07) is 7.99. The first-order valence-corrected chi connectivity index (χ1v) is 8.00. The zero-order chi connectivity index (χ0) is 18.4. The first kappa shape index (κ1) is 15.9. The van der Waals surface area contributed by atoms with Crippen LogP contribution in [-0.4, -0.2) is 37.6 Å². The van der Waals surface area contributed by atoms with Crippen molar-refractivity contribution in [2.45, 2.75) is 19.9 Å². The van der Waals surface area contributed by atoms with Crippen LogP contribution in [0.1, 0.15) is 51.0 Å². The standard InChI is InChI=1S/C18H14N4O4/c1-10(2)21-15-11(9-20-21)7-12(8-19-15)18(25)26-22-16(23)13-5-3-4-6-14(13)17(22)24/h3-10H,1-2H3. The fourth-order valence-electron chi connectivity index (χ4n) is 2.82. The zero-order valence-electron chi connectivity index (χ0n) is 14.0. The van der Waals surface area contributed by atoms with E-state index in [9.17, 15) is 14.4 Å². The topological polar surface area (TPSA) is 94.4 Å². The molecule has 0 atom stereocenters. The van der Waals surface area contributed by atoms with Gasteiger partial charge in [0.1, 0.15) is 0 Å². The van der Waals surface area contributed by atoms with Gasteiger partial charge in [-0.25, -0.2) is 14.5 Å². The molecule has 3 heterocycles. The van der Waals surface area contributed by atoms with Crippen molar-refractivity contribution in [3.8, 4) is 0 Å². The van der Waals surface area contributed by atoms with Crippen LogP contribution in [0.4, 0.5) is 0 Å². The third kappa shape index (κ3) is 2.34. The Morgan fingerprint density at radius 1 is 1.08 bits per heavy atom. The fourth-order valence-corrected chi connectivity index (χ4v) is 2.82. The summed E-state index contributed by atoms with van der Waals surface area (Å²) in [6.07, 6.45) is 2.94. The predicted octanol–water partition coefficient (Wildman–Crippen LogP) is 2.38. The van der Waals surface area contributed by atoms with Crippen molar-refractivity contribution >= 4 is 28.8 Å². The molecule has 1 aliphatic rings. The number of rotatable bonds is 3. The number of pyridine rings is 1. The summed E-state index contributed by atoms with van der Waals surface area (Å²) in [5.41, 5.74) is 1.17. The average molecular weight is 350 g/mol. The molecule has 0 unspecified atom stereocenters. The van der Waals surface area contributed by atoms with Gasteiger partial charge in [-0.05, 0) is 32.0 Å². The Morgan fingerprint density at radius 3 is 2.35 bits per heavy atom. The van der Waals surface area contributed by atoms with E-state index in [-0.39, 0.29) is 22.7 Å². The van der Waals surface area contributed by atoms with Gasteiger partial charge in [0.15, 0.2) is 5.65 Å². The van der Waals surface area contributed by atoms with Crippen molar-refractivity contribution in [3.63, 3.8) is 0 Å². The number of imide groups is 1. The summed E-state index contributed by atoms with van der Waals surface area (Å²) >= 11 is 0. The van der Waals surface area contributed by atoms with E-state index >= 15 is 0 Å². The molecule has 0 radical (unpaired) electrons. The number of benzene rings is 1. The molecule has 3 aromatic rings. The molecule has 26 heavy (non-hydrogen) atoms. The maximum absolute atomic E-state index is 12.4. The molecule has 1 aromatic carbocycles. The van der Waals surface area contributed by atoms with E-state index in [1.165, 1.54) is 18.3 Å². The Labute approximate surface area is 147 Å². The molecule has 4 rings (SSSR count). The van der Waals surface area contributed by atoms with E-state index in [1.807, 2.05) is 13.8 Å². The molecule has 0 saturated heterocycles. The number of nitrogens with zero attached hydrogens (tertiary/aromatic N) is 4. The number of hydrogen-bond donors (Lipinski definition) is 0. The smallest absolute Gasteiger partial charge is 0.324 e. The van der Waals surface area contributed by atoms with Crippen LogP contribution in [0.2, 0.25) is 0 Å². The molecule has 0 aliphatic carbocycles. The van der Waals surface area contributed by atoms with Gasteiger partial charge in [-0.3, -0.25) is 9.59 Å². The third-order valence-electron chi connectivity index (χ3n) is 4.09. The minimum Gasteiger partial charge on any atom is -0.324 e. The maximum atomic E-state index is 12.4. The lowest BCUT2D eigenvalue weighted by atomic mass is 10.1. The van der Waals surface area contributed by atoms with Gasteiger partial charge in [0.05, 0.1) is 22.9 Å². The van der Waals surface area contributed by atoms with E-state index < -0.39 is 17.8 Å². The first-order chi connectivity index (χ1) is 12.5. The van der Waals surface area contributed by atoms with Crippen LogP contribution >= 0.6 is 0 Å². The first-order valence-electron chi connectivity index (χ1n) is 8.00. The lowest BCUT2D eigenvalue weighted by molar-refractivity contribution is -0.0584. The van der Waals surface area contributed by atoms with Gasteiger partial charge in [0, 0.05) is 17.6 Å². The molecule has 0 bridgehead atoms. The van der Waals surface area contributed by atoms with Gasteiger partial charge in [0.25, 0.3) is 11.8 Å². The third-order valence-corrected chi connectivity index (χ3v) is 4.09. The van der Waals surface area contributed by atoms with Crippen LogP contribution < -0.4 is 0 Å². The van der Waals surface area contributed by atoms with Gasteiger partial charge < -0.3 is 4.84 Å². The molecule has 0 saturated carbocycles. The number of hydrogen-bond acceptors (Lipinski definition) is 6. The second-order valence-electron chi connectivity index (χ2n) is 6.15. The Kier molecular flexibility index (Phi) is 3.54. The molecular formula is C18H14N4O4. The fraction of sp³-hybridized carbons (Fsp3) is 0.167. The molecule has 8 heteroatoms. The largest absolute Gasteiger partial charge is 0.365 e. The van der Waals surface area contributed by atoms with Crippen LogP contribution in [0.15, 0.2) is 42.7 Å². The van der Waals surface area contributed by atoms with Crippen molar-refractivity contribution in [3.05, 3.63) is 59.4 Å². The quantitative estimate of drug-likeness (QED) is 0.673. The SMILES string of the molecule is CC(C)n1ncc2cc(C(=O)ON3C(=O)c4ccccc4C3=O)cnc21. The molecule has 0 N–H and O–H groups in total. The molecular weight excluding hydrogens is 336 g/mol. The highest BCUT2D eigenvalue weighted by Crippen LogP contribution is 2.24. The monoisotopic (exact) mass is 350 g/mol. The van der Waals surface area contributed by atoms with E-state index in [2.05, 4.69) is 10.1 Å². The highest BCUT2D eigenvalue weighted by atomic mass is 16.7. The maximum Gasteiger partial charge on any atom is 0.365 e. The van der Waals surface area contributed by atoms with Gasteiger partial charge in [0.2, 0.25) is 0 Å². The summed E-state index contributed by atoms with van der Waals surface area (Å²) in [4.78, 5) is 46.2. The van der Waals surface area contributed by atoms with Gasteiger partial charge in [-0.1, -0.05) is 17.2 Å². The second-order valence-corrected chi connectivity index (χ2v) is 6.15. The van der Waals surface area contributed by atoms with Crippen LogP contribution in [0.5, 0.6) is 0 Å². The number of carbonyl (C=O) groups excluding carboxylic acids is 3. The molecule has 0 fully saturated rings. The van der Waals surface area contributed by atoms with Crippen molar-refractivity contribution < 1.29 is 19.2 Å². The van der Waals surface area contributed by atoms with Gasteiger partial charge in [-0.15, -0.1) is 0 Å². The number of carbonyl (C=O) groups is 3. The van der Waals surface area contributed by atoms with Crippen LogP contribution in [-0.2, 0) is 4.84 Å². The summed E-state index contributed by atoms with van der Waals surface area (Å²) in [5.74, 6) is -2.17. The lowest BCUT2D eigenvalue weighted by Gasteiger charge is -2.12. The summed E-state index contributed by atoms with van der Waals surface area (Å²) in [5, 5.41) is 5.38. The lowest BCUT2D eigenvalue weighted by Crippen LogP contribution is -2.32. The van der Waals surface area contributed by atoms with Crippen molar-refractivity contribution in [2.24, 2.45) is 0 Å². The predicted molar refractivity (Wildman–Crippen MR) is 90.3 cm³/mol. The van der Waals surface area contributed by atoms with Gasteiger partial charge >= 0.3 is 5.97 Å². The summed E-state index contributed by atoms with van der Waals surface area (Å²) < 4.78 is 1.73. The van der Waals surface area contributed by atoms with Crippen molar-refractivity contribution in [2.75, 3.05) is 0 Å². The van der Waals surface area contributed by atoms with Crippen molar-refractivity contribution in [1.29, 1.82) is 0 Å². The molecule has 130 valence electrons. The molecule has 2 amide bonds. The minimum atomic E-state index is -0.841. The number of amides is 2. The van der Waals surface area contributed by atoms with Gasteiger partial charge in [-0.2, -0.15) is 5.10 Å². The number of aromatic nitrogens is 3. The number of hydroxylamine groups is 2. The van der Waals surface area contributed by atoms with Crippen LogP contribution in [0.25, 0.3) is 11.0 Å². The average Bonchev–Trinajstić information content (AvgIpc) is 3.17. The van der Waals surface area contributed by atoms with E-state index in [1.54, 1.807) is 29.1 Å². The molecule has 0 spiro atoms. The highest BCUT2D eigenvalue weighted by Gasteiger charge is 2.38. The minimum absolute atomic E-state index is 0.121. The second kappa shape index (κ2) is 5.76. The normalized spacial score (nSPS) is 13.6. The zero-order valence-corrected chi connectivity index (χ0v) is 14.0. The number of fused-ring (bicyclic) bond motifs is 2. The molecule has 2 aromatic heterocycles. The van der Waals surface area contributed by atoms with Crippen LogP contribution in [0.3, 0.4) is 0 Å². The summed E-state index contributed by atoms with van der Waals surface area (Å²) in [7, 11) is 0. The summed E-state index contributed by atoms with van der Waals surface area (Å²) in [6.45, 7) is 3.94.